The van der Waals surface area contributed by atoms with E-state index >= 15 is 0 Å². The molecule has 4 nitrogen and oxygen atoms in total. The van der Waals surface area contributed by atoms with Gasteiger partial charge in [-0.3, -0.25) is 0 Å². The first kappa shape index (κ1) is 15.5. The lowest BCUT2D eigenvalue weighted by Crippen LogP contribution is -2.29. The molecule has 2 aromatic rings. The standard InChI is InChI=1S/C21H20N4/c1-25-16(14-23)6-8-19(25)15-5-7-18-17(13-15)21(10-3-2-4-11-21)20(24-18)9-12-22/h5-9,13,24H,2-4,10-11H2,1H3/b20-9+. The van der Waals surface area contributed by atoms with Crippen LogP contribution < -0.4 is 5.32 Å². The molecule has 2 heterocycles. The molecule has 0 bridgehead atoms. The van der Waals surface area contributed by atoms with Gasteiger partial charge in [-0.2, -0.15) is 10.5 Å². The summed E-state index contributed by atoms with van der Waals surface area (Å²) >= 11 is 0. The number of fused-ring (bicyclic) bond motifs is 2. The Balaban J connectivity index is 1.86. The van der Waals surface area contributed by atoms with Crippen LogP contribution >= 0.6 is 0 Å². The van der Waals surface area contributed by atoms with E-state index in [9.17, 15) is 10.5 Å². The molecule has 0 atom stereocenters. The van der Waals surface area contributed by atoms with E-state index in [0.29, 0.717) is 5.69 Å². The van der Waals surface area contributed by atoms with Crippen molar-refractivity contribution in [1.82, 2.24) is 4.57 Å². The molecular weight excluding hydrogens is 308 g/mol. The van der Waals surface area contributed by atoms with Crippen LogP contribution in [0.4, 0.5) is 5.69 Å². The van der Waals surface area contributed by atoms with Crippen LogP contribution in [-0.2, 0) is 12.5 Å². The highest BCUT2D eigenvalue weighted by Crippen LogP contribution is 2.52. The smallest absolute Gasteiger partial charge is 0.120 e. The number of benzene rings is 1. The van der Waals surface area contributed by atoms with E-state index in [0.717, 1.165) is 35.5 Å². The quantitative estimate of drug-likeness (QED) is 0.778. The van der Waals surface area contributed by atoms with Crippen molar-refractivity contribution in [3.63, 3.8) is 0 Å². The summed E-state index contributed by atoms with van der Waals surface area (Å²) in [6.07, 6.45) is 7.50. The van der Waals surface area contributed by atoms with Gasteiger partial charge < -0.3 is 9.88 Å². The molecule has 1 saturated carbocycles. The van der Waals surface area contributed by atoms with Crippen LogP contribution in [0.3, 0.4) is 0 Å². The van der Waals surface area contributed by atoms with Crippen molar-refractivity contribution < 1.29 is 0 Å². The molecule has 0 saturated heterocycles. The predicted molar refractivity (Wildman–Crippen MR) is 97.6 cm³/mol. The Kier molecular flexibility index (Phi) is 3.62. The Morgan fingerprint density at radius 2 is 1.92 bits per heavy atom. The van der Waals surface area contributed by atoms with Gasteiger partial charge in [0.2, 0.25) is 0 Å². The van der Waals surface area contributed by atoms with Gasteiger partial charge in [0.1, 0.15) is 11.8 Å². The number of hydrogen-bond donors (Lipinski definition) is 1. The molecule has 0 amide bonds. The number of allylic oxidation sites excluding steroid dienone is 2. The van der Waals surface area contributed by atoms with E-state index in [1.807, 2.05) is 23.7 Å². The summed E-state index contributed by atoms with van der Waals surface area (Å²) in [6.45, 7) is 0. The van der Waals surface area contributed by atoms with Gasteiger partial charge in [-0.15, -0.1) is 0 Å². The van der Waals surface area contributed by atoms with Crippen molar-refractivity contribution in [2.24, 2.45) is 7.05 Å². The van der Waals surface area contributed by atoms with Crippen molar-refractivity contribution in [1.29, 1.82) is 10.5 Å². The van der Waals surface area contributed by atoms with E-state index in [4.69, 9.17) is 0 Å². The maximum Gasteiger partial charge on any atom is 0.120 e. The van der Waals surface area contributed by atoms with E-state index in [1.54, 1.807) is 6.08 Å². The maximum atomic E-state index is 9.22. The lowest BCUT2D eigenvalue weighted by molar-refractivity contribution is 0.350. The highest BCUT2D eigenvalue weighted by atomic mass is 15.0. The average Bonchev–Trinajstić information content (AvgIpc) is 3.15. The van der Waals surface area contributed by atoms with Gasteiger partial charge in [0.05, 0.1) is 6.07 Å². The number of rotatable bonds is 1. The second-order valence-corrected chi connectivity index (χ2v) is 6.99. The van der Waals surface area contributed by atoms with Crippen molar-refractivity contribution in [3.8, 4) is 23.4 Å². The zero-order chi connectivity index (χ0) is 17.4. The number of nitrogens with one attached hydrogen (secondary N) is 1. The number of hydrogen-bond acceptors (Lipinski definition) is 3. The van der Waals surface area contributed by atoms with Gasteiger partial charge in [0.25, 0.3) is 0 Å². The third kappa shape index (κ3) is 2.26. The Bertz CT molecular complexity index is 943. The molecule has 1 spiro atoms. The minimum Gasteiger partial charge on any atom is -0.357 e. The van der Waals surface area contributed by atoms with Crippen LogP contribution in [0.5, 0.6) is 0 Å². The van der Waals surface area contributed by atoms with E-state index in [1.165, 1.54) is 24.8 Å². The Morgan fingerprint density at radius 1 is 1.12 bits per heavy atom. The third-order valence-corrected chi connectivity index (χ3v) is 5.77. The van der Waals surface area contributed by atoms with Crippen LogP contribution in [-0.4, -0.2) is 4.57 Å². The number of anilines is 1. The zero-order valence-electron chi connectivity index (χ0n) is 14.3. The summed E-state index contributed by atoms with van der Waals surface area (Å²) in [5, 5.41) is 21.9. The Labute approximate surface area is 148 Å². The first-order valence-corrected chi connectivity index (χ1v) is 8.77. The van der Waals surface area contributed by atoms with E-state index in [2.05, 4.69) is 35.7 Å². The number of nitrogens with zero attached hydrogens (tertiary/aromatic N) is 3. The van der Waals surface area contributed by atoms with Crippen LogP contribution in [0.25, 0.3) is 11.3 Å². The molecule has 4 rings (SSSR count). The summed E-state index contributed by atoms with van der Waals surface area (Å²) in [5.74, 6) is 0. The monoisotopic (exact) mass is 328 g/mol. The normalized spacial score (nSPS) is 19.2. The lowest BCUT2D eigenvalue weighted by Gasteiger charge is -2.34. The molecular formula is C21H20N4. The summed E-state index contributed by atoms with van der Waals surface area (Å²) < 4.78 is 1.93. The molecule has 1 fully saturated rings. The van der Waals surface area contributed by atoms with Gasteiger partial charge in [0.15, 0.2) is 0 Å². The van der Waals surface area contributed by atoms with Gasteiger partial charge in [0, 0.05) is 35.6 Å². The van der Waals surface area contributed by atoms with Crippen molar-refractivity contribution in [2.45, 2.75) is 37.5 Å². The highest BCUT2D eigenvalue weighted by Gasteiger charge is 2.44. The van der Waals surface area contributed by atoms with Crippen LogP contribution in [0, 0.1) is 22.7 Å². The van der Waals surface area contributed by atoms with Crippen LogP contribution in [0.15, 0.2) is 42.1 Å². The fraction of sp³-hybridized carbons (Fsp3) is 0.333. The Hall–Kier alpha value is -2.98. The average molecular weight is 328 g/mol. The topological polar surface area (TPSA) is 64.5 Å². The van der Waals surface area contributed by atoms with Gasteiger partial charge in [-0.25, -0.2) is 0 Å². The predicted octanol–water partition coefficient (Wildman–Crippen LogP) is 4.60. The van der Waals surface area contributed by atoms with Gasteiger partial charge in [-0.1, -0.05) is 25.3 Å². The molecule has 2 aliphatic rings. The maximum absolute atomic E-state index is 9.22. The molecule has 4 heteroatoms. The van der Waals surface area contributed by atoms with Gasteiger partial charge >= 0.3 is 0 Å². The number of aromatic nitrogens is 1. The van der Waals surface area contributed by atoms with Crippen molar-refractivity contribution >= 4 is 5.69 Å². The molecule has 1 aliphatic heterocycles. The van der Waals surface area contributed by atoms with Crippen LogP contribution in [0.2, 0.25) is 0 Å². The second-order valence-electron chi connectivity index (χ2n) is 6.99. The molecule has 0 unspecified atom stereocenters. The van der Waals surface area contributed by atoms with Crippen molar-refractivity contribution in [2.75, 3.05) is 5.32 Å². The molecule has 1 N–H and O–H groups in total. The third-order valence-electron chi connectivity index (χ3n) is 5.77. The lowest BCUT2D eigenvalue weighted by atomic mass is 9.68. The molecule has 1 aromatic carbocycles. The highest BCUT2D eigenvalue weighted by molar-refractivity contribution is 5.75. The largest absolute Gasteiger partial charge is 0.357 e. The fourth-order valence-corrected chi connectivity index (χ4v) is 4.46. The zero-order valence-corrected chi connectivity index (χ0v) is 14.3. The molecule has 124 valence electrons. The molecule has 0 radical (unpaired) electrons. The fourth-order valence-electron chi connectivity index (χ4n) is 4.46. The molecule has 1 aromatic heterocycles. The minimum atomic E-state index is -0.0530. The summed E-state index contributed by atoms with van der Waals surface area (Å²) in [6, 6.07) is 14.8. The Morgan fingerprint density at radius 3 is 2.60 bits per heavy atom. The SMILES string of the molecule is Cn1c(C#N)ccc1-c1ccc2c(c1)C1(CCCCC1)/C(=C\C#N)N2. The molecule has 25 heavy (non-hydrogen) atoms. The van der Waals surface area contributed by atoms with Crippen molar-refractivity contribution in [3.05, 3.63) is 53.4 Å². The summed E-state index contributed by atoms with van der Waals surface area (Å²) in [4.78, 5) is 0. The second kappa shape index (κ2) is 5.83. The van der Waals surface area contributed by atoms with Crippen LogP contribution in [0.1, 0.15) is 43.4 Å². The van der Waals surface area contributed by atoms with Gasteiger partial charge in [-0.05, 0) is 48.2 Å². The first-order chi connectivity index (χ1) is 12.2. The minimum absolute atomic E-state index is 0.0530. The summed E-state index contributed by atoms with van der Waals surface area (Å²) in [5.41, 5.74) is 6.23. The molecule has 1 aliphatic carbocycles. The van der Waals surface area contributed by atoms with E-state index < -0.39 is 0 Å². The van der Waals surface area contributed by atoms with E-state index in [-0.39, 0.29) is 5.41 Å². The first-order valence-electron chi connectivity index (χ1n) is 8.77. The number of nitriles is 2. The summed E-state index contributed by atoms with van der Waals surface area (Å²) in [7, 11) is 1.93.